The van der Waals surface area contributed by atoms with Crippen molar-refractivity contribution in [3.05, 3.63) is 201 Å². The molecule has 0 unspecified atom stereocenters. The van der Waals surface area contributed by atoms with Crippen molar-refractivity contribution in [2.75, 3.05) is 0 Å². The third kappa shape index (κ3) is 5.92. The largest absolute Gasteiger partial charge is 0.434 e. The van der Waals surface area contributed by atoms with Gasteiger partial charge in [0.1, 0.15) is 17.5 Å². The molecule has 64 heavy (non-hydrogen) atoms. The molecule has 0 fully saturated rings. The first-order valence-electron chi connectivity index (χ1n) is 21.2. The highest BCUT2D eigenvalue weighted by atomic mass is 16.3. The molecule has 5 heterocycles. The number of furan rings is 1. The topological polar surface area (TPSA) is 95.4 Å². The zero-order chi connectivity index (χ0) is 42.1. The second-order valence-corrected chi connectivity index (χ2v) is 16.0. The predicted octanol–water partition coefficient (Wildman–Crippen LogP) is 13.7. The van der Waals surface area contributed by atoms with Crippen LogP contribution in [0.4, 0.5) is 0 Å². The predicted molar refractivity (Wildman–Crippen MR) is 257 cm³/mol. The zero-order valence-corrected chi connectivity index (χ0v) is 34.1. The van der Waals surface area contributed by atoms with Gasteiger partial charge in [-0.25, -0.2) is 29.9 Å². The maximum absolute atomic E-state index is 6.38. The Morgan fingerprint density at radius 2 is 0.922 bits per heavy atom. The molecule has 13 rings (SSSR count). The van der Waals surface area contributed by atoms with Crippen LogP contribution in [-0.2, 0) is 0 Å². The fourth-order valence-corrected chi connectivity index (χ4v) is 9.04. The molecule has 8 aromatic carbocycles. The molecule has 0 amide bonds. The van der Waals surface area contributed by atoms with E-state index in [1.54, 1.807) is 6.33 Å². The normalized spacial score (nSPS) is 11.8. The summed E-state index contributed by atoms with van der Waals surface area (Å²) in [6, 6.07) is 65.2. The van der Waals surface area contributed by atoms with Crippen LogP contribution in [-0.4, -0.2) is 34.5 Å². The number of benzene rings is 8. The smallest absolute Gasteiger partial charge is 0.229 e. The first-order chi connectivity index (χ1) is 31.7. The van der Waals surface area contributed by atoms with Gasteiger partial charge in [0.25, 0.3) is 0 Å². The van der Waals surface area contributed by atoms with Gasteiger partial charge in [-0.1, -0.05) is 127 Å². The van der Waals surface area contributed by atoms with Crippen molar-refractivity contribution in [3.8, 4) is 62.2 Å². The monoisotopic (exact) mass is 819 g/mol. The Balaban J connectivity index is 0.845. The summed E-state index contributed by atoms with van der Waals surface area (Å²) in [5, 5.41) is 8.00. The summed E-state index contributed by atoms with van der Waals surface area (Å²) in [7, 11) is 0. The van der Waals surface area contributed by atoms with E-state index < -0.39 is 0 Å². The number of rotatable bonds is 6. The highest BCUT2D eigenvalue weighted by Crippen LogP contribution is 2.37. The lowest BCUT2D eigenvalue weighted by Gasteiger charge is -2.11. The van der Waals surface area contributed by atoms with E-state index in [2.05, 4.69) is 167 Å². The molecule has 0 bridgehead atoms. The molecular formula is C56H33N7O. The van der Waals surface area contributed by atoms with Crippen LogP contribution >= 0.6 is 0 Å². The first-order valence-corrected chi connectivity index (χ1v) is 21.2. The Hall–Kier alpha value is -8.88. The number of hydrogen-bond acceptors (Lipinski definition) is 7. The van der Waals surface area contributed by atoms with E-state index in [0.29, 0.717) is 28.8 Å². The van der Waals surface area contributed by atoms with Gasteiger partial charge in [0, 0.05) is 50.5 Å². The molecule has 0 aliphatic carbocycles. The molecule has 0 aliphatic rings. The van der Waals surface area contributed by atoms with Crippen LogP contribution in [0.2, 0.25) is 0 Å². The van der Waals surface area contributed by atoms with Crippen LogP contribution in [0.1, 0.15) is 0 Å². The maximum Gasteiger partial charge on any atom is 0.229 e. The van der Waals surface area contributed by atoms with E-state index in [4.69, 9.17) is 29.3 Å². The third-order valence-corrected chi connectivity index (χ3v) is 12.2. The zero-order valence-electron chi connectivity index (χ0n) is 34.1. The standard InChI is InChI=1S/C56H33N7O/c1-2-10-35(11-3-1)53-60-54(62-55(61-53)37-24-26-44(27-25-37)63-48-16-8-6-14-45(48)46-15-7-9-17-49(46)63)36-20-18-34(19-21-36)43-31-47-51-52(64-56(47)57-32-43)50(58-33-59-51)41-23-22-40-28-38-12-4-5-13-39(38)29-42(40)30-41/h1-33H. The summed E-state index contributed by atoms with van der Waals surface area (Å²) in [6.45, 7) is 0. The van der Waals surface area contributed by atoms with Crippen molar-refractivity contribution in [2.24, 2.45) is 0 Å². The Labute approximate surface area is 365 Å². The highest BCUT2D eigenvalue weighted by Gasteiger charge is 2.19. The average molecular weight is 820 g/mol. The van der Waals surface area contributed by atoms with Gasteiger partial charge in [-0.2, -0.15) is 0 Å². The highest BCUT2D eigenvalue weighted by molar-refractivity contribution is 6.10. The molecule has 8 nitrogen and oxygen atoms in total. The molecule has 0 atom stereocenters. The number of pyridine rings is 1. The van der Waals surface area contributed by atoms with E-state index in [-0.39, 0.29) is 0 Å². The van der Waals surface area contributed by atoms with Crippen LogP contribution in [0.25, 0.3) is 128 Å². The van der Waals surface area contributed by atoms with Gasteiger partial charge >= 0.3 is 0 Å². The van der Waals surface area contributed by atoms with Crippen LogP contribution in [0.5, 0.6) is 0 Å². The first kappa shape index (κ1) is 35.8. The van der Waals surface area contributed by atoms with Gasteiger partial charge in [0.15, 0.2) is 23.1 Å². The molecule has 0 saturated carbocycles. The van der Waals surface area contributed by atoms with Gasteiger partial charge in [-0.15, -0.1) is 0 Å². The lowest BCUT2D eigenvalue weighted by Crippen LogP contribution is -2.00. The lowest BCUT2D eigenvalue weighted by atomic mass is 10.0. The molecular weight excluding hydrogens is 787 g/mol. The fraction of sp³-hybridized carbons (Fsp3) is 0. The molecule has 0 radical (unpaired) electrons. The van der Waals surface area contributed by atoms with E-state index >= 15 is 0 Å². The summed E-state index contributed by atoms with van der Waals surface area (Å²) in [4.78, 5) is 29.2. The fourth-order valence-electron chi connectivity index (χ4n) is 9.04. The SMILES string of the molecule is c1ccc(-c2nc(-c3ccc(-c4cnc5oc6c(-c7ccc8cc9ccccc9cc8c7)ncnc6c5c4)cc3)nc(-c3ccc(-n4c5ccccc5c5ccccc54)cc3)n2)cc1. The summed E-state index contributed by atoms with van der Waals surface area (Å²) < 4.78 is 8.69. The summed E-state index contributed by atoms with van der Waals surface area (Å²) in [5.41, 5.74) is 11.5. The van der Waals surface area contributed by atoms with Crippen molar-refractivity contribution in [2.45, 2.75) is 0 Å². The van der Waals surface area contributed by atoms with Gasteiger partial charge in [0.2, 0.25) is 5.71 Å². The molecule has 0 aliphatic heterocycles. The van der Waals surface area contributed by atoms with Gasteiger partial charge in [0.05, 0.1) is 16.4 Å². The molecule has 5 aromatic heterocycles. The van der Waals surface area contributed by atoms with Crippen molar-refractivity contribution in [3.63, 3.8) is 0 Å². The number of nitrogens with zero attached hydrogens (tertiary/aromatic N) is 7. The van der Waals surface area contributed by atoms with Crippen LogP contribution in [0.3, 0.4) is 0 Å². The number of aromatic nitrogens is 7. The quantitative estimate of drug-likeness (QED) is 0.154. The van der Waals surface area contributed by atoms with Gasteiger partial charge in [-0.3, -0.25) is 0 Å². The molecule has 13 aromatic rings. The number of hydrogen-bond donors (Lipinski definition) is 0. The van der Waals surface area contributed by atoms with Crippen LogP contribution in [0.15, 0.2) is 205 Å². The Morgan fingerprint density at radius 3 is 1.61 bits per heavy atom. The summed E-state index contributed by atoms with van der Waals surface area (Å²) >= 11 is 0. The Kier molecular flexibility index (Phi) is 8.04. The minimum Gasteiger partial charge on any atom is -0.434 e. The van der Waals surface area contributed by atoms with E-state index in [9.17, 15) is 0 Å². The average Bonchev–Trinajstić information content (AvgIpc) is 3.91. The van der Waals surface area contributed by atoms with Crippen LogP contribution in [0, 0.1) is 0 Å². The Bertz CT molecular complexity index is 3900. The second kappa shape index (κ2) is 14.4. The lowest BCUT2D eigenvalue weighted by molar-refractivity contribution is 0.652. The maximum atomic E-state index is 6.38. The van der Waals surface area contributed by atoms with Gasteiger partial charge in [-0.05, 0) is 87.8 Å². The Morgan fingerprint density at radius 1 is 0.375 bits per heavy atom. The van der Waals surface area contributed by atoms with E-state index in [1.165, 1.54) is 26.9 Å². The van der Waals surface area contributed by atoms with E-state index in [1.807, 2.05) is 36.5 Å². The second-order valence-electron chi connectivity index (χ2n) is 16.0. The van der Waals surface area contributed by atoms with Crippen molar-refractivity contribution < 1.29 is 4.42 Å². The molecule has 0 spiro atoms. The number of fused-ring (bicyclic) bond motifs is 8. The minimum absolute atomic E-state index is 0.512. The molecule has 298 valence electrons. The van der Waals surface area contributed by atoms with E-state index in [0.717, 1.165) is 72.1 Å². The minimum atomic E-state index is 0.512. The number of para-hydroxylation sites is 2. The summed E-state index contributed by atoms with van der Waals surface area (Å²) in [5.74, 6) is 1.79. The third-order valence-electron chi connectivity index (χ3n) is 12.2. The van der Waals surface area contributed by atoms with Crippen molar-refractivity contribution in [1.29, 1.82) is 0 Å². The summed E-state index contributed by atoms with van der Waals surface area (Å²) in [6.07, 6.45) is 3.44. The van der Waals surface area contributed by atoms with Crippen molar-refractivity contribution in [1.82, 2.24) is 34.5 Å². The molecule has 8 heteroatoms. The molecule has 0 N–H and O–H groups in total. The molecule has 0 saturated heterocycles. The van der Waals surface area contributed by atoms with Crippen molar-refractivity contribution >= 4 is 65.6 Å². The van der Waals surface area contributed by atoms with Crippen LogP contribution < -0.4 is 0 Å². The van der Waals surface area contributed by atoms with Gasteiger partial charge < -0.3 is 8.98 Å².